The van der Waals surface area contributed by atoms with Gasteiger partial charge in [-0.1, -0.05) is 25.9 Å². The van der Waals surface area contributed by atoms with E-state index in [9.17, 15) is 0 Å². The molecule has 1 heterocycles. The molecule has 0 atom stereocenters. The molecule has 8 heavy (non-hydrogen) atoms. The highest BCUT2D eigenvalue weighted by Gasteiger charge is 2.01. The average molecular weight is 106 g/mol. The van der Waals surface area contributed by atoms with Crippen molar-refractivity contribution in [3.8, 4) is 0 Å². The van der Waals surface area contributed by atoms with E-state index in [1.54, 1.807) is 0 Å². The minimum absolute atomic E-state index is 0.659. The second-order valence-corrected chi connectivity index (χ2v) is 2.49. The van der Waals surface area contributed by atoms with Crippen molar-refractivity contribution in [2.45, 2.75) is 13.7 Å². The fourth-order valence-electron chi connectivity index (χ4n) is 0.829. The van der Waals surface area contributed by atoms with E-state index in [2.05, 4.69) is 37.8 Å². The molecule has 0 aliphatic carbocycles. The molecule has 0 bridgehead atoms. The number of allylic oxidation sites excluding steroid dienone is 2. The van der Waals surface area contributed by atoms with Gasteiger partial charge in [-0.2, -0.15) is 0 Å². The van der Waals surface area contributed by atoms with Crippen LogP contribution in [0.15, 0.2) is 24.1 Å². The molecular weight excluding hydrogens is 94.9 g/mol. The van der Waals surface area contributed by atoms with Gasteiger partial charge in [0.05, 0.1) is 0 Å². The van der Waals surface area contributed by atoms with Crippen LogP contribution in [-0.4, -0.2) is 6.71 Å². The first-order valence-electron chi connectivity index (χ1n) is 3.15. The lowest BCUT2D eigenvalue weighted by Gasteiger charge is -2.04. The smallest absolute Gasteiger partial charge is 0.114 e. The summed E-state index contributed by atoms with van der Waals surface area (Å²) in [4.78, 5) is 0. The first-order valence-corrected chi connectivity index (χ1v) is 3.15. The largest absolute Gasteiger partial charge is 0.188 e. The summed E-state index contributed by atoms with van der Waals surface area (Å²) in [5.41, 5.74) is 0. The minimum atomic E-state index is 0.659. The van der Waals surface area contributed by atoms with Crippen molar-refractivity contribution in [2.75, 3.05) is 0 Å². The van der Waals surface area contributed by atoms with Crippen molar-refractivity contribution in [3.05, 3.63) is 24.1 Å². The van der Waals surface area contributed by atoms with Crippen molar-refractivity contribution in [1.82, 2.24) is 0 Å². The molecule has 0 amide bonds. The zero-order valence-corrected chi connectivity index (χ0v) is 5.46. The summed E-state index contributed by atoms with van der Waals surface area (Å²) in [6.45, 7) is 5.05. The molecule has 0 aromatic heterocycles. The molecule has 1 aliphatic heterocycles. The maximum atomic E-state index is 2.24. The summed E-state index contributed by atoms with van der Waals surface area (Å²) in [6.07, 6.45) is 4.48. The molecule has 0 N–H and O–H groups in total. The molecule has 0 unspecified atom stereocenters. The van der Waals surface area contributed by atoms with Gasteiger partial charge in [0, 0.05) is 0 Å². The van der Waals surface area contributed by atoms with Crippen molar-refractivity contribution >= 4 is 6.71 Å². The number of hydrogen-bond donors (Lipinski definition) is 0. The Morgan fingerprint density at radius 2 is 1.75 bits per heavy atom. The van der Waals surface area contributed by atoms with Crippen LogP contribution in [0.5, 0.6) is 0 Å². The fourth-order valence-corrected chi connectivity index (χ4v) is 0.829. The van der Waals surface area contributed by atoms with Crippen molar-refractivity contribution < 1.29 is 0 Å². The van der Waals surface area contributed by atoms with Crippen LogP contribution < -0.4 is 0 Å². The molecule has 0 saturated carbocycles. The molecule has 0 nitrogen and oxygen atoms in total. The van der Waals surface area contributed by atoms with E-state index in [4.69, 9.17) is 0 Å². The van der Waals surface area contributed by atoms with E-state index in [0.717, 1.165) is 0 Å². The normalized spacial score (nSPS) is 20.0. The third-order valence-corrected chi connectivity index (χ3v) is 1.44. The van der Waals surface area contributed by atoms with Gasteiger partial charge < -0.3 is 0 Å². The summed E-state index contributed by atoms with van der Waals surface area (Å²) in [5.74, 6) is 5.14. The molecule has 42 valence electrons. The molecule has 0 saturated heterocycles. The van der Waals surface area contributed by atoms with E-state index >= 15 is 0 Å². The van der Waals surface area contributed by atoms with E-state index in [1.165, 1.54) is 0 Å². The molecule has 0 spiro atoms. The van der Waals surface area contributed by atoms with E-state index < -0.39 is 0 Å². The molecule has 1 heteroatoms. The monoisotopic (exact) mass is 106 g/mol. The SMILES string of the molecule is CB1C=CC(C)C=C1. The van der Waals surface area contributed by atoms with Crippen LogP contribution in [0.3, 0.4) is 0 Å². The van der Waals surface area contributed by atoms with Gasteiger partial charge in [-0.05, 0) is 5.92 Å². The maximum absolute atomic E-state index is 2.24. The Kier molecular flexibility index (Phi) is 1.57. The van der Waals surface area contributed by atoms with Crippen LogP contribution in [0.1, 0.15) is 6.92 Å². The first-order chi connectivity index (χ1) is 3.79. The molecule has 1 aliphatic rings. The summed E-state index contributed by atoms with van der Waals surface area (Å²) in [7, 11) is 0. The molecule has 0 fully saturated rings. The maximum Gasteiger partial charge on any atom is 0.188 e. The summed E-state index contributed by atoms with van der Waals surface area (Å²) in [6, 6.07) is 0. The summed E-state index contributed by atoms with van der Waals surface area (Å²) >= 11 is 0. The number of rotatable bonds is 0. The predicted molar refractivity (Wildman–Crippen MR) is 39.1 cm³/mol. The highest BCUT2D eigenvalue weighted by molar-refractivity contribution is 6.68. The van der Waals surface area contributed by atoms with Crippen LogP contribution in [-0.2, 0) is 0 Å². The van der Waals surface area contributed by atoms with E-state index in [0.29, 0.717) is 12.6 Å². The lowest BCUT2D eigenvalue weighted by atomic mass is 9.50. The van der Waals surface area contributed by atoms with Gasteiger partial charge in [0.25, 0.3) is 0 Å². The molecule has 1 rings (SSSR count). The minimum Gasteiger partial charge on any atom is -0.114 e. The van der Waals surface area contributed by atoms with Gasteiger partial charge in [0.15, 0.2) is 6.71 Å². The van der Waals surface area contributed by atoms with Gasteiger partial charge in [0.1, 0.15) is 0 Å². The quantitative estimate of drug-likeness (QED) is 0.414. The lowest BCUT2D eigenvalue weighted by molar-refractivity contribution is 0.939. The molecular formula is C7H11B. The second-order valence-electron chi connectivity index (χ2n) is 2.49. The fraction of sp³-hybridized carbons (Fsp3) is 0.429. The molecule has 0 aromatic carbocycles. The van der Waals surface area contributed by atoms with Gasteiger partial charge >= 0.3 is 0 Å². The molecule has 0 aromatic rings. The zero-order chi connectivity index (χ0) is 5.98. The average Bonchev–Trinajstić information content (AvgIpc) is 1.77. The standard InChI is InChI=1S/C7H11B/c1-7-3-5-8(2)6-4-7/h3-7H,1-2H3. The van der Waals surface area contributed by atoms with Crippen LogP contribution in [0.25, 0.3) is 0 Å². The Hall–Kier alpha value is -0.455. The molecule has 0 radical (unpaired) electrons. The van der Waals surface area contributed by atoms with Crippen molar-refractivity contribution in [3.63, 3.8) is 0 Å². The van der Waals surface area contributed by atoms with Crippen LogP contribution in [0, 0.1) is 5.92 Å². The van der Waals surface area contributed by atoms with Crippen LogP contribution in [0.4, 0.5) is 0 Å². The second kappa shape index (κ2) is 2.21. The van der Waals surface area contributed by atoms with Gasteiger partial charge in [0.2, 0.25) is 0 Å². The van der Waals surface area contributed by atoms with E-state index in [1.807, 2.05) is 0 Å². The summed E-state index contributed by atoms with van der Waals surface area (Å²) in [5, 5.41) is 0. The lowest BCUT2D eigenvalue weighted by Crippen LogP contribution is -2.04. The number of hydrogen-bond acceptors (Lipinski definition) is 0. The van der Waals surface area contributed by atoms with Crippen molar-refractivity contribution in [1.29, 1.82) is 0 Å². The van der Waals surface area contributed by atoms with E-state index in [-0.39, 0.29) is 0 Å². The Labute approximate surface area is 51.4 Å². The Morgan fingerprint density at radius 1 is 1.25 bits per heavy atom. The Morgan fingerprint density at radius 3 is 2.12 bits per heavy atom. The third kappa shape index (κ3) is 1.26. The van der Waals surface area contributed by atoms with Gasteiger partial charge in [-0.15, -0.1) is 12.0 Å². The van der Waals surface area contributed by atoms with Crippen molar-refractivity contribution in [2.24, 2.45) is 5.92 Å². The predicted octanol–water partition coefficient (Wildman–Crippen LogP) is 1.95. The first kappa shape index (κ1) is 5.68. The van der Waals surface area contributed by atoms with Crippen LogP contribution >= 0.6 is 0 Å². The Balaban J connectivity index is 2.54. The Bertz CT molecular complexity index is 96.3. The summed E-state index contributed by atoms with van der Waals surface area (Å²) < 4.78 is 0. The third-order valence-electron chi connectivity index (χ3n) is 1.44. The highest BCUT2D eigenvalue weighted by Crippen LogP contribution is 2.06. The highest BCUT2D eigenvalue weighted by atomic mass is 13.9. The van der Waals surface area contributed by atoms with Gasteiger partial charge in [-0.25, -0.2) is 0 Å². The topological polar surface area (TPSA) is 0 Å². The van der Waals surface area contributed by atoms with Gasteiger partial charge in [-0.3, -0.25) is 0 Å². The zero-order valence-electron chi connectivity index (χ0n) is 5.46. The van der Waals surface area contributed by atoms with Crippen LogP contribution in [0.2, 0.25) is 6.82 Å².